The van der Waals surface area contributed by atoms with E-state index in [9.17, 15) is 0 Å². The van der Waals surface area contributed by atoms with Crippen LogP contribution < -0.4 is 14.4 Å². The topological polar surface area (TPSA) is 56.7 Å². The molecule has 0 amide bonds. The van der Waals surface area contributed by atoms with Gasteiger partial charge < -0.3 is 19.1 Å². The van der Waals surface area contributed by atoms with Crippen molar-refractivity contribution in [1.29, 1.82) is 0 Å². The highest BCUT2D eigenvalue weighted by molar-refractivity contribution is 5.93. The van der Waals surface area contributed by atoms with Crippen LogP contribution in [0.5, 0.6) is 11.5 Å². The molecule has 0 unspecified atom stereocenters. The van der Waals surface area contributed by atoms with Crippen LogP contribution >= 0.6 is 0 Å². The molecule has 134 valence electrons. The second kappa shape index (κ2) is 7.17. The summed E-state index contributed by atoms with van der Waals surface area (Å²) in [6, 6.07) is 11.8. The molecule has 6 heteroatoms. The maximum absolute atomic E-state index is 5.60. The van der Waals surface area contributed by atoms with Crippen molar-refractivity contribution in [2.75, 3.05) is 45.4 Å². The van der Waals surface area contributed by atoms with E-state index in [4.69, 9.17) is 19.2 Å². The van der Waals surface area contributed by atoms with Gasteiger partial charge in [-0.05, 0) is 30.3 Å². The van der Waals surface area contributed by atoms with E-state index in [1.165, 1.54) is 0 Å². The Morgan fingerprint density at radius 1 is 1.04 bits per heavy atom. The third kappa shape index (κ3) is 2.93. The van der Waals surface area contributed by atoms with Gasteiger partial charge in [-0.25, -0.2) is 4.98 Å². The number of morpholine rings is 1. The molecule has 6 nitrogen and oxygen atoms in total. The zero-order chi connectivity index (χ0) is 17.9. The van der Waals surface area contributed by atoms with E-state index in [1.54, 1.807) is 20.4 Å². The number of para-hydroxylation sites is 1. The van der Waals surface area contributed by atoms with E-state index in [0.29, 0.717) is 24.7 Å². The van der Waals surface area contributed by atoms with Crippen molar-refractivity contribution >= 4 is 16.7 Å². The van der Waals surface area contributed by atoms with Crippen LogP contribution in [-0.4, -0.2) is 50.5 Å². The Kier molecular flexibility index (Phi) is 4.58. The zero-order valence-corrected chi connectivity index (χ0v) is 14.9. The quantitative estimate of drug-likeness (QED) is 0.720. The highest BCUT2D eigenvalue weighted by Crippen LogP contribution is 2.39. The molecule has 0 bridgehead atoms. The van der Waals surface area contributed by atoms with Crippen molar-refractivity contribution < 1.29 is 14.2 Å². The maximum atomic E-state index is 5.60. The number of benzene rings is 1. The van der Waals surface area contributed by atoms with Gasteiger partial charge in [-0.3, -0.25) is 4.98 Å². The number of anilines is 1. The summed E-state index contributed by atoms with van der Waals surface area (Å²) in [4.78, 5) is 11.8. The Bertz CT molecular complexity index is 923. The summed E-state index contributed by atoms with van der Waals surface area (Å²) in [6.45, 7) is 3.04. The zero-order valence-electron chi connectivity index (χ0n) is 14.9. The molecular weight excluding hydrogens is 330 g/mol. The van der Waals surface area contributed by atoms with Gasteiger partial charge in [0.05, 0.1) is 38.6 Å². The number of fused-ring (bicyclic) bond motifs is 1. The lowest BCUT2D eigenvalue weighted by molar-refractivity contribution is 0.122. The SMILES string of the molecule is COc1cccc(-c2cc3ncccc3c(N3CCOCC3)n2)c1OC. The summed E-state index contributed by atoms with van der Waals surface area (Å²) in [5, 5.41) is 1.04. The predicted octanol–water partition coefficient (Wildman–Crippen LogP) is 3.15. The van der Waals surface area contributed by atoms with E-state index < -0.39 is 0 Å². The first-order valence-corrected chi connectivity index (χ1v) is 8.61. The fourth-order valence-corrected chi connectivity index (χ4v) is 3.30. The molecule has 0 aliphatic carbocycles. The van der Waals surface area contributed by atoms with Crippen molar-refractivity contribution in [2.45, 2.75) is 0 Å². The maximum Gasteiger partial charge on any atom is 0.170 e. The smallest absolute Gasteiger partial charge is 0.170 e. The van der Waals surface area contributed by atoms with Crippen LogP contribution in [0.2, 0.25) is 0 Å². The fraction of sp³-hybridized carbons (Fsp3) is 0.300. The Hall–Kier alpha value is -2.86. The molecule has 1 aliphatic heterocycles. The summed E-state index contributed by atoms with van der Waals surface area (Å²) in [6.07, 6.45) is 1.80. The summed E-state index contributed by atoms with van der Waals surface area (Å²) in [7, 11) is 3.28. The van der Waals surface area contributed by atoms with Crippen molar-refractivity contribution in [1.82, 2.24) is 9.97 Å². The normalized spacial score (nSPS) is 14.5. The Morgan fingerprint density at radius 3 is 2.65 bits per heavy atom. The predicted molar refractivity (Wildman–Crippen MR) is 101 cm³/mol. The second-order valence-corrected chi connectivity index (χ2v) is 6.04. The lowest BCUT2D eigenvalue weighted by Crippen LogP contribution is -2.37. The van der Waals surface area contributed by atoms with E-state index >= 15 is 0 Å². The van der Waals surface area contributed by atoms with Crippen LogP contribution in [0.3, 0.4) is 0 Å². The number of nitrogens with zero attached hydrogens (tertiary/aromatic N) is 3. The molecule has 1 aromatic carbocycles. The van der Waals surface area contributed by atoms with Gasteiger partial charge in [-0.1, -0.05) is 6.07 Å². The summed E-state index contributed by atoms with van der Waals surface area (Å²) < 4.78 is 16.5. The monoisotopic (exact) mass is 351 g/mol. The van der Waals surface area contributed by atoms with Crippen molar-refractivity contribution in [3.05, 3.63) is 42.6 Å². The molecule has 26 heavy (non-hydrogen) atoms. The number of aromatic nitrogens is 2. The largest absolute Gasteiger partial charge is 0.493 e. The molecule has 2 aromatic heterocycles. The fourth-order valence-electron chi connectivity index (χ4n) is 3.30. The summed E-state index contributed by atoms with van der Waals surface area (Å²) >= 11 is 0. The lowest BCUT2D eigenvalue weighted by atomic mass is 10.1. The molecule has 0 spiro atoms. The first kappa shape index (κ1) is 16.6. The second-order valence-electron chi connectivity index (χ2n) is 6.04. The van der Waals surface area contributed by atoms with Crippen molar-refractivity contribution in [2.24, 2.45) is 0 Å². The minimum atomic E-state index is 0.672. The number of hydrogen-bond donors (Lipinski definition) is 0. The first-order chi connectivity index (χ1) is 12.8. The van der Waals surface area contributed by atoms with E-state index in [-0.39, 0.29) is 0 Å². The molecule has 0 radical (unpaired) electrons. The summed E-state index contributed by atoms with van der Waals surface area (Å²) in [5.41, 5.74) is 2.60. The van der Waals surface area contributed by atoms with Crippen LogP contribution in [0.15, 0.2) is 42.6 Å². The number of ether oxygens (including phenoxy) is 3. The third-order valence-electron chi connectivity index (χ3n) is 4.57. The number of hydrogen-bond acceptors (Lipinski definition) is 6. The number of pyridine rings is 2. The molecule has 1 saturated heterocycles. The highest BCUT2D eigenvalue weighted by Gasteiger charge is 2.19. The van der Waals surface area contributed by atoms with Gasteiger partial charge in [0.1, 0.15) is 5.82 Å². The molecule has 3 aromatic rings. The molecule has 0 atom stereocenters. The van der Waals surface area contributed by atoms with Crippen LogP contribution in [0, 0.1) is 0 Å². The van der Waals surface area contributed by atoms with Crippen molar-refractivity contribution in [3.63, 3.8) is 0 Å². The van der Waals surface area contributed by atoms with Crippen LogP contribution in [0.25, 0.3) is 22.2 Å². The average Bonchev–Trinajstić information content (AvgIpc) is 2.72. The third-order valence-corrected chi connectivity index (χ3v) is 4.57. The van der Waals surface area contributed by atoms with E-state index in [2.05, 4.69) is 16.0 Å². The Morgan fingerprint density at radius 2 is 1.88 bits per heavy atom. The van der Waals surface area contributed by atoms with Gasteiger partial charge in [0.15, 0.2) is 11.5 Å². The average molecular weight is 351 g/mol. The standard InChI is InChI=1S/C20H21N3O3/c1-24-18-7-3-5-14(19(18)25-2)17-13-16-15(6-4-8-21-16)20(22-17)23-9-11-26-12-10-23/h3-8,13H,9-12H2,1-2H3. The minimum Gasteiger partial charge on any atom is -0.493 e. The Balaban J connectivity index is 1.92. The molecular formula is C20H21N3O3. The molecule has 4 rings (SSSR count). The summed E-state index contributed by atoms with van der Waals surface area (Å²) in [5.74, 6) is 2.28. The molecule has 3 heterocycles. The highest BCUT2D eigenvalue weighted by atomic mass is 16.5. The first-order valence-electron chi connectivity index (χ1n) is 8.61. The Labute approximate surface area is 152 Å². The molecule has 1 aliphatic rings. The van der Waals surface area contributed by atoms with Crippen LogP contribution in [0.4, 0.5) is 5.82 Å². The molecule has 0 saturated carbocycles. The van der Waals surface area contributed by atoms with Gasteiger partial charge in [-0.2, -0.15) is 0 Å². The van der Waals surface area contributed by atoms with E-state index in [0.717, 1.165) is 41.1 Å². The van der Waals surface area contributed by atoms with Crippen molar-refractivity contribution in [3.8, 4) is 22.8 Å². The van der Waals surface area contributed by atoms with Gasteiger partial charge >= 0.3 is 0 Å². The lowest BCUT2D eigenvalue weighted by Gasteiger charge is -2.29. The number of rotatable bonds is 4. The van der Waals surface area contributed by atoms with Gasteiger partial charge in [0, 0.05) is 30.2 Å². The van der Waals surface area contributed by atoms with Gasteiger partial charge in [-0.15, -0.1) is 0 Å². The van der Waals surface area contributed by atoms with Gasteiger partial charge in [0.25, 0.3) is 0 Å². The number of methoxy groups -OCH3 is 2. The van der Waals surface area contributed by atoms with Crippen LogP contribution in [0.1, 0.15) is 0 Å². The van der Waals surface area contributed by atoms with Crippen LogP contribution in [-0.2, 0) is 4.74 Å². The van der Waals surface area contributed by atoms with E-state index in [1.807, 2.05) is 30.3 Å². The van der Waals surface area contributed by atoms with Gasteiger partial charge in [0.2, 0.25) is 0 Å². The molecule has 1 fully saturated rings. The molecule has 0 N–H and O–H groups in total. The minimum absolute atomic E-state index is 0.672.